The molecule has 2 bridgehead atoms. The quantitative estimate of drug-likeness (QED) is 0.813. The van der Waals surface area contributed by atoms with Gasteiger partial charge in [-0.25, -0.2) is 0 Å². The summed E-state index contributed by atoms with van der Waals surface area (Å²) in [4.78, 5) is 5.36. The summed E-state index contributed by atoms with van der Waals surface area (Å²) in [6.07, 6.45) is 6.05. The number of fused-ring (bicyclic) bond motifs is 2. The van der Waals surface area contributed by atoms with Crippen LogP contribution in [0.25, 0.3) is 0 Å². The van der Waals surface area contributed by atoms with Gasteiger partial charge in [0.25, 0.3) is 0 Å². The molecule has 0 unspecified atom stereocenters. The molecule has 1 saturated heterocycles. The standard InChI is InChI=1S/C18H26N2/c1-14-2-6-17(7-3-14)19-8-10-20(11-9-19)18-13-15-4-5-16(18)12-15/h2-3,6-7,15-16,18H,4-5,8-13H2,1H3/t15-,16+,18+/m0/s1. The Labute approximate surface area is 122 Å². The molecular formula is C18H26N2. The molecule has 1 aromatic carbocycles. The first-order valence-corrected chi connectivity index (χ1v) is 8.35. The Morgan fingerprint density at radius 3 is 2.25 bits per heavy atom. The maximum Gasteiger partial charge on any atom is 0.0367 e. The molecule has 0 N–H and O–H groups in total. The molecule has 0 spiro atoms. The lowest BCUT2D eigenvalue weighted by atomic mass is 9.93. The maximum absolute atomic E-state index is 2.80. The first kappa shape index (κ1) is 12.7. The molecule has 1 aromatic rings. The van der Waals surface area contributed by atoms with Crippen molar-refractivity contribution in [3.8, 4) is 0 Å². The molecule has 0 amide bonds. The molecule has 108 valence electrons. The van der Waals surface area contributed by atoms with E-state index < -0.39 is 0 Å². The van der Waals surface area contributed by atoms with Crippen LogP contribution >= 0.6 is 0 Å². The zero-order chi connectivity index (χ0) is 13.5. The summed E-state index contributed by atoms with van der Waals surface area (Å²) in [5.74, 6) is 2.10. The second-order valence-corrected chi connectivity index (χ2v) is 7.10. The molecular weight excluding hydrogens is 244 g/mol. The summed E-state index contributed by atoms with van der Waals surface area (Å²) in [7, 11) is 0. The van der Waals surface area contributed by atoms with Crippen LogP contribution in [0.3, 0.4) is 0 Å². The van der Waals surface area contributed by atoms with Crippen LogP contribution in [0.2, 0.25) is 0 Å². The van der Waals surface area contributed by atoms with E-state index in [1.807, 2.05) is 0 Å². The second kappa shape index (κ2) is 5.07. The van der Waals surface area contributed by atoms with Gasteiger partial charge < -0.3 is 4.90 Å². The molecule has 1 heterocycles. The highest BCUT2D eigenvalue weighted by Crippen LogP contribution is 2.46. The van der Waals surface area contributed by atoms with Gasteiger partial charge in [0.2, 0.25) is 0 Å². The Bertz CT molecular complexity index is 459. The van der Waals surface area contributed by atoms with Crippen LogP contribution in [0.5, 0.6) is 0 Å². The Morgan fingerprint density at radius 2 is 1.65 bits per heavy atom. The van der Waals surface area contributed by atoms with E-state index in [1.54, 1.807) is 0 Å². The van der Waals surface area contributed by atoms with Gasteiger partial charge in [-0.15, -0.1) is 0 Å². The van der Waals surface area contributed by atoms with Crippen LogP contribution in [-0.2, 0) is 0 Å². The zero-order valence-electron chi connectivity index (χ0n) is 12.6. The van der Waals surface area contributed by atoms with Gasteiger partial charge in [0, 0.05) is 37.9 Å². The first-order valence-electron chi connectivity index (χ1n) is 8.35. The fraction of sp³-hybridized carbons (Fsp3) is 0.667. The molecule has 4 rings (SSSR count). The lowest BCUT2D eigenvalue weighted by molar-refractivity contribution is 0.135. The Kier molecular flexibility index (Phi) is 3.22. The van der Waals surface area contributed by atoms with E-state index in [9.17, 15) is 0 Å². The fourth-order valence-electron chi connectivity index (χ4n) is 4.73. The van der Waals surface area contributed by atoms with E-state index in [2.05, 4.69) is 41.0 Å². The van der Waals surface area contributed by atoms with Gasteiger partial charge in [0.1, 0.15) is 0 Å². The summed E-state index contributed by atoms with van der Waals surface area (Å²) in [5.41, 5.74) is 2.76. The lowest BCUT2D eigenvalue weighted by Crippen LogP contribution is -2.51. The van der Waals surface area contributed by atoms with Gasteiger partial charge in [0.15, 0.2) is 0 Å². The molecule has 3 fully saturated rings. The van der Waals surface area contributed by atoms with Crippen molar-refractivity contribution in [1.82, 2.24) is 4.90 Å². The zero-order valence-corrected chi connectivity index (χ0v) is 12.6. The van der Waals surface area contributed by atoms with Crippen molar-refractivity contribution in [2.24, 2.45) is 11.8 Å². The largest absolute Gasteiger partial charge is 0.369 e. The highest BCUT2D eigenvalue weighted by molar-refractivity contribution is 5.47. The number of hydrogen-bond acceptors (Lipinski definition) is 2. The number of piperazine rings is 1. The van der Waals surface area contributed by atoms with E-state index >= 15 is 0 Å². The average Bonchev–Trinajstić information content (AvgIpc) is 3.11. The monoisotopic (exact) mass is 270 g/mol. The molecule has 2 nitrogen and oxygen atoms in total. The van der Waals surface area contributed by atoms with E-state index in [-0.39, 0.29) is 0 Å². The van der Waals surface area contributed by atoms with Gasteiger partial charge in [0.05, 0.1) is 0 Å². The number of nitrogens with zero attached hydrogens (tertiary/aromatic N) is 2. The number of benzene rings is 1. The summed E-state index contributed by atoms with van der Waals surface area (Å²) >= 11 is 0. The lowest BCUT2D eigenvalue weighted by Gasteiger charge is -2.41. The van der Waals surface area contributed by atoms with Crippen LogP contribution in [0.4, 0.5) is 5.69 Å². The van der Waals surface area contributed by atoms with Crippen LogP contribution in [0, 0.1) is 18.8 Å². The third-order valence-corrected chi connectivity index (χ3v) is 5.88. The Balaban J connectivity index is 1.37. The van der Waals surface area contributed by atoms with Crippen molar-refractivity contribution in [2.45, 2.75) is 38.6 Å². The maximum atomic E-state index is 2.80. The van der Waals surface area contributed by atoms with Crippen molar-refractivity contribution in [3.63, 3.8) is 0 Å². The van der Waals surface area contributed by atoms with Gasteiger partial charge >= 0.3 is 0 Å². The van der Waals surface area contributed by atoms with Crippen molar-refractivity contribution < 1.29 is 0 Å². The van der Waals surface area contributed by atoms with Crippen LogP contribution in [0.15, 0.2) is 24.3 Å². The van der Waals surface area contributed by atoms with E-state index in [4.69, 9.17) is 0 Å². The van der Waals surface area contributed by atoms with Crippen molar-refractivity contribution in [1.29, 1.82) is 0 Å². The predicted octanol–water partition coefficient (Wildman–Crippen LogP) is 3.31. The van der Waals surface area contributed by atoms with Crippen LogP contribution in [0.1, 0.15) is 31.2 Å². The van der Waals surface area contributed by atoms with Crippen LogP contribution < -0.4 is 4.90 Å². The summed E-state index contributed by atoms with van der Waals surface area (Å²) in [6.45, 7) is 7.11. The molecule has 3 atom stereocenters. The Morgan fingerprint density at radius 1 is 0.900 bits per heavy atom. The normalized spacial score (nSPS) is 33.9. The Hall–Kier alpha value is -1.02. The summed E-state index contributed by atoms with van der Waals surface area (Å²) < 4.78 is 0. The number of hydrogen-bond donors (Lipinski definition) is 0. The topological polar surface area (TPSA) is 6.48 Å². The van der Waals surface area contributed by atoms with Gasteiger partial charge in [-0.1, -0.05) is 24.1 Å². The van der Waals surface area contributed by atoms with Gasteiger partial charge in [-0.3, -0.25) is 4.90 Å². The van der Waals surface area contributed by atoms with Gasteiger partial charge in [-0.2, -0.15) is 0 Å². The SMILES string of the molecule is Cc1ccc(N2CCN([C@@H]3C[C@H]4CC[C@@H]3C4)CC2)cc1. The molecule has 0 radical (unpaired) electrons. The van der Waals surface area contributed by atoms with Gasteiger partial charge in [-0.05, 0) is 50.2 Å². The van der Waals surface area contributed by atoms with Crippen molar-refractivity contribution in [3.05, 3.63) is 29.8 Å². The smallest absolute Gasteiger partial charge is 0.0367 e. The first-order chi connectivity index (χ1) is 9.79. The number of rotatable bonds is 2. The minimum absolute atomic E-state index is 0.925. The fourth-order valence-corrected chi connectivity index (χ4v) is 4.73. The average molecular weight is 270 g/mol. The minimum Gasteiger partial charge on any atom is -0.369 e. The van der Waals surface area contributed by atoms with E-state index in [0.717, 1.165) is 17.9 Å². The van der Waals surface area contributed by atoms with E-state index in [1.165, 1.54) is 63.1 Å². The van der Waals surface area contributed by atoms with Crippen LogP contribution in [-0.4, -0.2) is 37.1 Å². The summed E-state index contributed by atoms with van der Waals surface area (Å²) in [6, 6.07) is 9.95. The molecule has 2 aliphatic carbocycles. The third kappa shape index (κ3) is 2.24. The van der Waals surface area contributed by atoms with Crippen molar-refractivity contribution >= 4 is 5.69 Å². The highest BCUT2D eigenvalue weighted by atomic mass is 15.3. The molecule has 1 aliphatic heterocycles. The molecule has 3 aliphatic rings. The number of anilines is 1. The minimum atomic E-state index is 0.925. The summed E-state index contributed by atoms with van der Waals surface area (Å²) in [5, 5.41) is 0. The predicted molar refractivity (Wildman–Crippen MR) is 84.2 cm³/mol. The molecule has 2 saturated carbocycles. The third-order valence-electron chi connectivity index (χ3n) is 5.88. The molecule has 20 heavy (non-hydrogen) atoms. The van der Waals surface area contributed by atoms with Crippen molar-refractivity contribution in [2.75, 3.05) is 31.1 Å². The second-order valence-electron chi connectivity index (χ2n) is 7.10. The van der Waals surface area contributed by atoms with E-state index in [0.29, 0.717) is 0 Å². The highest BCUT2D eigenvalue weighted by Gasteiger charge is 2.42. The molecule has 2 heteroatoms. The number of aryl methyl sites for hydroxylation is 1. The molecule has 0 aromatic heterocycles.